The molecule has 0 bridgehead atoms. The Morgan fingerprint density at radius 3 is 2.66 bits per heavy atom. The van der Waals surface area contributed by atoms with E-state index in [0.717, 1.165) is 16.8 Å². The van der Waals surface area contributed by atoms with Crippen LogP contribution in [0.5, 0.6) is 0 Å². The minimum Gasteiger partial charge on any atom is -0.383 e. The molecule has 3 heterocycles. The third-order valence-corrected chi connectivity index (χ3v) is 7.25. The lowest BCUT2D eigenvalue weighted by atomic mass is 9.99. The lowest BCUT2D eigenvalue weighted by Gasteiger charge is -2.27. The van der Waals surface area contributed by atoms with Crippen LogP contribution in [-0.2, 0) is 4.74 Å². The van der Waals surface area contributed by atoms with Crippen molar-refractivity contribution in [2.24, 2.45) is 0 Å². The largest absolute Gasteiger partial charge is 0.383 e. The van der Waals surface area contributed by atoms with Gasteiger partial charge >= 0.3 is 0 Å². The third kappa shape index (κ3) is 4.42. The first-order valence-electron chi connectivity index (χ1n) is 11.1. The van der Waals surface area contributed by atoms with Gasteiger partial charge in [-0.15, -0.1) is 11.3 Å². The number of amides is 1. The van der Waals surface area contributed by atoms with Crippen LogP contribution < -0.4 is 11.1 Å². The second-order valence-electron chi connectivity index (χ2n) is 8.25. The number of hydrogen-bond acceptors (Lipinski definition) is 7. The van der Waals surface area contributed by atoms with Gasteiger partial charge in [-0.2, -0.15) is 5.26 Å². The summed E-state index contributed by atoms with van der Waals surface area (Å²) >= 11 is 7.50. The summed E-state index contributed by atoms with van der Waals surface area (Å²) in [5.74, 6) is -0.0609. The van der Waals surface area contributed by atoms with Gasteiger partial charge in [0, 0.05) is 29.4 Å². The number of benzene rings is 2. The fraction of sp³-hybridized carbons (Fsp3) is 0.192. The summed E-state index contributed by atoms with van der Waals surface area (Å²) in [6, 6.07) is 17.3. The number of nitriles is 1. The van der Waals surface area contributed by atoms with Crippen LogP contribution in [0, 0.1) is 18.3 Å². The van der Waals surface area contributed by atoms with Crippen molar-refractivity contribution in [3.8, 4) is 17.2 Å². The maximum Gasteiger partial charge on any atom is 0.259 e. The van der Waals surface area contributed by atoms with Crippen LogP contribution in [0.4, 0.5) is 16.5 Å². The van der Waals surface area contributed by atoms with Gasteiger partial charge in [-0.05, 0) is 42.3 Å². The molecule has 0 radical (unpaired) electrons. The fourth-order valence-corrected chi connectivity index (χ4v) is 5.54. The summed E-state index contributed by atoms with van der Waals surface area (Å²) in [6.45, 7) is 3.97. The Hall–Kier alpha value is -3.64. The second kappa shape index (κ2) is 9.55. The molecule has 7 nitrogen and oxygen atoms in total. The van der Waals surface area contributed by atoms with E-state index in [4.69, 9.17) is 22.1 Å². The van der Waals surface area contributed by atoms with Gasteiger partial charge in [0.05, 0.1) is 23.4 Å². The smallest absolute Gasteiger partial charge is 0.259 e. The van der Waals surface area contributed by atoms with E-state index in [1.54, 1.807) is 17.0 Å². The van der Waals surface area contributed by atoms with Crippen LogP contribution >= 0.6 is 22.9 Å². The molecule has 4 aromatic rings. The minimum atomic E-state index is -0.145. The molecule has 1 aliphatic rings. The molecule has 2 aromatic carbocycles. The number of ether oxygens (including phenoxy) is 1. The molecular formula is C26H22ClN5O2S. The van der Waals surface area contributed by atoms with Crippen molar-refractivity contribution in [2.75, 3.05) is 37.4 Å². The van der Waals surface area contributed by atoms with E-state index < -0.39 is 0 Å². The van der Waals surface area contributed by atoms with Crippen LogP contribution in [0.25, 0.3) is 21.3 Å². The number of nitrogens with one attached hydrogen (secondary N) is 1. The van der Waals surface area contributed by atoms with E-state index in [1.165, 1.54) is 11.3 Å². The average molecular weight is 504 g/mol. The van der Waals surface area contributed by atoms with Crippen LogP contribution in [-0.4, -0.2) is 42.1 Å². The molecule has 176 valence electrons. The SMILES string of the molecule is Cc1cccc(Nc2sc3c(-c4ccc(Cl)cc4)c(C#N)c(N)nc3c2C(=O)N2CCOCC2)c1. The number of carbonyl (C=O) groups excluding carboxylic acids is 1. The molecule has 5 rings (SSSR count). The topological polar surface area (TPSA) is 104 Å². The number of rotatable bonds is 4. The normalized spacial score (nSPS) is 13.6. The standard InChI is InChI=1S/C26H22ClN5O2S/c1-15-3-2-4-18(13-15)30-25-21(26(33)32-9-11-34-12-10-32)22-23(35-25)20(19(14-28)24(29)31-22)16-5-7-17(27)8-6-16/h2-8,13,30H,9-12H2,1H3,(H2,29,31). The zero-order chi connectivity index (χ0) is 24.5. The first kappa shape index (κ1) is 23.1. The maximum absolute atomic E-state index is 13.8. The number of hydrogen-bond donors (Lipinski definition) is 2. The number of nitrogen functional groups attached to an aromatic ring is 1. The van der Waals surface area contributed by atoms with Gasteiger partial charge in [0.2, 0.25) is 0 Å². The van der Waals surface area contributed by atoms with Gasteiger partial charge in [0.25, 0.3) is 5.91 Å². The third-order valence-electron chi connectivity index (χ3n) is 5.88. The van der Waals surface area contributed by atoms with Crippen molar-refractivity contribution in [3.05, 3.63) is 70.2 Å². The predicted octanol–water partition coefficient (Wildman–Crippen LogP) is 5.60. The van der Waals surface area contributed by atoms with Gasteiger partial charge < -0.3 is 20.7 Å². The number of nitrogens with two attached hydrogens (primary N) is 1. The predicted molar refractivity (Wildman–Crippen MR) is 140 cm³/mol. The van der Waals surface area contributed by atoms with E-state index >= 15 is 0 Å². The lowest BCUT2D eigenvalue weighted by molar-refractivity contribution is 0.0305. The molecule has 9 heteroatoms. The first-order chi connectivity index (χ1) is 17.0. The van der Waals surface area contributed by atoms with Crippen LogP contribution in [0.2, 0.25) is 5.02 Å². The molecule has 2 aromatic heterocycles. The van der Waals surface area contributed by atoms with Crippen LogP contribution in [0.3, 0.4) is 0 Å². The van der Waals surface area contributed by atoms with E-state index in [0.29, 0.717) is 57.7 Å². The van der Waals surface area contributed by atoms with Gasteiger partial charge in [0.1, 0.15) is 28.0 Å². The van der Waals surface area contributed by atoms with Crippen molar-refractivity contribution in [3.63, 3.8) is 0 Å². The highest BCUT2D eigenvalue weighted by Crippen LogP contribution is 2.45. The number of carbonyl (C=O) groups is 1. The van der Waals surface area contributed by atoms with Crippen molar-refractivity contribution in [1.82, 2.24) is 9.88 Å². The summed E-state index contributed by atoms with van der Waals surface area (Å²) in [7, 11) is 0. The Bertz CT molecular complexity index is 1470. The number of aromatic nitrogens is 1. The lowest BCUT2D eigenvalue weighted by Crippen LogP contribution is -2.40. The molecule has 0 aliphatic carbocycles. The maximum atomic E-state index is 13.8. The van der Waals surface area contributed by atoms with E-state index in [-0.39, 0.29) is 17.3 Å². The number of pyridine rings is 1. The van der Waals surface area contributed by atoms with Crippen molar-refractivity contribution >= 4 is 55.6 Å². The Balaban J connectivity index is 1.77. The number of anilines is 3. The molecule has 0 unspecified atom stereocenters. The molecule has 1 amide bonds. The number of thiophene rings is 1. The Morgan fingerprint density at radius 1 is 1.23 bits per heavy atom. The zero-order valence-electron chi connectivity index (χ0n) is 19.0. The molecule has 1 saturated heterocycles. The zero-order valence-corrected chi connectivity index (χ0v) is 20.5. The number of fused-ring (bicyclic) bond motifs is 1. The summed E-state index contributed by atoms with van der Waals surface area (Å²) in [6.07, 6.45) is 0. The Labute approximate surface area is 211 Å². The second-order valence-corrected chi connectivity index (χ2v) is 9.71. The molecule has 3 N–H and O–H groups in total. The molecule has 0 saturated carbocycles. The number of halogens is 1. The number of aryl methyl sites for hydroxylation is 1. The molecule has 0 spiro atoms. The summed E-state index contributed by atoms with van der Waals surface area (Å²) in [5, 5.41) is 14.6. The minimum absolute atomic E-state index is 0.0842. The van der Waals surface area contributed by atoms with Gasteiger partial charge in [-0.3, -0.25) is 4.79 Å². The molecule has 0 atom stereocenters. The molecule has 1 aliphatic heterocycles. The van der Waals surface area contributed by atoms with E-state index in [1.807, 2.05) is 43.3 Å². The highest BCUT2D eigenvalue weighted by molar-refractivity contribution is 7.24. The highest BCUT2D eigenvalue weighted by atomic mass is 35.5. The van der Waals surface area contributed by atoms with Gasteiger partial charge in [-0.1, -0.05) is 35.9 Å². The highest BCUT2D eigenvalue weighted by Gasteiger charge is 2.29. The summed E-state index contributed by atoms with van der Waals surface area (Å²) in [5.41, 5.74) is 10.8. The molecule has 1 fully saturated rings. The van der Waals surface area contributed by atoms with Crippen molar-refractivity contribution in [1.29, 1.82) is 5.26 Å². The van der Waals surface area contributed by atoms with Gasteiger partial charge in [0.15, 0.2) is 0 Å². The average Bonchev–Trinajstić information content (AvgIpc) is 3.21. The van der Waals surface area contributed by atoms with Crippen LogP contribution in [0.1, 0.15) is 21.5 Å². The van der Waals surface area contributed by atoms with Crippen molar-refractivity contribution in [2.45, 2.75) is 6.92 Å². The quantitative estimate of drug-likeness (QED) is 0.376. The molecule has 35 heavy (non-hydrogen) atoms. The van der Waals surface area contributed by atoms with Gasteiger partial charge in [-0.25, -0.2) is 4.98 Å². The first-order valence-corrected chi connectivity index (χ1v) is 12.3. The van der Waals surface area contributed by atoms with Crippen LogP contribution in [0.15, 0.2) is 48.5 Å². The van der Waals surface area contributed by atoms with E-state index in [2.05, 4.69) is 16.4 Å². The van der Waals surface area contributed by atoms with E-state index in [9.17, 15) is 10.1 Å². The number of nitrogens with zero attached hydrogens (tertiary/aromatic N) is 3. The summed E-state index contributed by atoms with van der Waals surface area (Å²) < 4.78 is 6.15. The summed E-state index contributed by atoms with van der Waals surface area (Å²) in [4.78, 5) is 20.1. The Morgan fingerprint density at radius 2 is 1.97 bits per heavy atom. The van der Waals surface area contributed by atoms with Crippen molar-refractivity contribution < 1.29 is 9.53 Å². The Kier molecular flexibility index (Phi) is 6.31. The molecular weight excluding hydrogens is 482 g/mol. The monoisotopic (exact) mass is 503 g/mol. The fourth-order valence-electron chi connectivity index (χ4n) is 4.19. The number of morpholine rings is 1.